The zero-order valence-electron chi connectivity index (χ0n) is 10.1. The molecule has 16 heavy (non-hydrogen) atoms. The molecule has 1 aliphatic rings. The van der Waals surface area contributed by atoms with Gasteiger partial charge < -0.3 is 10.2 Å². The standard InChI is InChI=1S/C12H20N4/c1-10(2)15-8-11-4-3-7-16(11)12-9-13-5-6-14-12/h5-6,9-11,15H,3-4,7-8H2,1-2H3. The lowest BCUT2D eigenvalue weighted by atomic mass is 10.2. The van der Waals surface area contributed by atoms with E-state index in [4.69, 9.17) is 0 Å². The number of nitrogens with one attached hydrogen (secondary N) is 1. The molecule has 88 valence electrons. The topological polar surface area (TPSA) is 41.0 Å². The minimum Gasteiger partial charge on any atom is -0.351 e. The summed E-state index contributed by atoms with van der Waals surface area (Å²) in [6.07, 6.45) is 7.84. The van der Waals surface area contributed by atoms with Crippen LogP contribution in [-0.2, 0) is 0 Å². The van der Waals surface area contributed by atoms with Crippen LogP contribution in [0.2, 0.25) is 0 Å². The largest absolute Gasteiger partial charge is 0.351 e. The molecule has 0 aliphatic carbocycles. The van der Waals surface area contributed by atoms with Crippen LogP contribution in [0.5, 0.6) is 0 Å². The van der Waals surface area contributed by atoms with Gasteiger partial charge in [-0.2, -0.15) is 0 Å². The van der Waals surface area contributed by atoms with Crippen LogP contribution in [0.25, 0.3) is 0 Å². The lowest BCUT2D eigenvalue weighted by Gasteiger charge is -2.26. The first-order valence-electron chi connectivity index (χ1n) is 6.03. The fourth-order valence-electron chi connectivity index (χ4n) is 2.16. The number of anilines is 1. The number of rotatable bonds is 4. The molecule has 0 saturated carbocycles. The molecular formula is C12H20N4. The van der Waals surface area contributed by atoms with Crippen molar-refractivity contribution in [2.75, 3.05) is 18.0 Å². The van der Waals surface area contributed by atoms with Crippen LogP contribution in [0.3, 0.4) is 0 Å². The van der Waals surface area contributed by atoms with Gasteiger partial charge in [0.15, 0.2) is 0 Å². The Labute approximate surface area is 97.1 Å². The van der Waals surface area contributed by atoms with Crippen LogP contribution in [0, 0.1) is 0 Å². The van der Waals surface area contributed by atoms with E-state index in [-0.39, 0.29) is 0 Å². The first kappa shape index (κ1) is 11.3. The Morgan fingerprint density at radius 3 is 3.06 bits per heavy atom. The van der Waals surface area contributed by atoms with Crippen molar-refractivity contribution >= 4 is 5.82 Å². The molecule has 1 saturated heterocycles. The van der Waals surface area contributed by atoms with Crippen LogP contribution >= 0.6 is 0 Å². The van der Waals surface area contributed by atoms with Crippen LogP contribution in [-0.4, -0.2) is 35.1 Å². The monoisotopic (exact) mass is 220 g/mol. The van der Waals surface area contributed by atoms with Crippen LogP contribution < -0.4 is 10.2 Å². The van der Waals surface area contributed by atoms with E-state index >= 15 is 0 Å². The van der Waals surface area contributed by atoms with Gasteiger partial charge in [-0.05, 0) is 12.8 Å². The van der Waals surface area contributed by atoms with Gasteiger partial charge in [0, 0.05) is 37.6 Å². The lowest BCUT2D eigenvalue weighted by molar-refractivity contribution is 0.522. The first-order chi connectivity index (χ1) is 7.77. The van der Waals surface area contributed by atoms with Gasteiger partial charge in [0.05, 0.1) is 6.20 Å². The summed E-state index contributed by atoms with van der Waals surface area (Å²) in [6, 6.07) is 1.11. The number of aromatic nitrogens is 2. The highest BCUT2D eigenvalue weighted by Gasteiger charge is 2.25. The average molecular weight is 220 g/mol. The van der Waals surface area contributed by atoms with Crippen molar-refractivity contribution in [3.05, 3.63) is 18.6 Å². The number of nitrogens with zero attached hydrogens (tertiary/aromatic N) is 3. The van der Waals surface area contributed by atoms with E-state index in [1.54, 1.807) is 12.4 Å². The summed E-state index contributed by atoms with van der Waals surface area (Å²) in [5.41, 5.74) is 0. The van der Waals surface area contributed by atoms with E-state index in [0.717, 1.165) is 18.9 Å². The number of hydrogen-bond donors (Lipinski definition) is 1. The Morgan fingerprint density at radius 1 is 1.50 bits per heavy atom. The molecule has 1 fully saturated rings. The van der Waals surface area contributed by atoms with Crippen LogP contribution in [0.1, 0.15) is 26.7 Å². The minimum absolute atomic E-state index is 0.546. The van der Waals surface area contributed by atoms with Crippen molar-refractivity contribution in [1.29, 1.82) is 0 Å². The van der Waals surface area contributed by atoms with E-state index in [1.165, 1.54) is 12.8 Å². The fourth-order valence-corrected chi connectivity index (χ4v) is 2.16. The van der Waals surface area contributed by atoms with Gasteiger partial charge in [-0.15, -0.1) is 0 Å². The highest BCUT2D eigenvalue weighted by molar-refractivity contribution is 5.38. The second kappa shape index (κ2) is 5.25. The Bertz CT molecular complexity index is 312. The quantitative estimate of drug-likeness (QED) is 0.833. The molecule has 1 unspecified atom stereocenters. The first-order valence-corrected chi connectivity index (χ1v) is 6.03. The SMILES string of the molecule is CC(C)NCC1CCCN1c1cnccn1. The molecule has 4 heteroatoms. The van der Waals surface area contributed by atoms with E-state index < -0.39 is 0 Å². The van der Waals surface area contributed by atoms with Crippen LogP contribution in [0.15, 0.2) is 18.6 Å². The van der Waals surface area contributed by atoms with Crippen molar-refractivity contribution in [2.24, 2.45) is 0 Å². The van der Waals surface area contributed by atoms with E-state index in [2.05, 4.69) is 34.0 Å². The lowest BCUT2D eigenvalue weighted by Crippen LogP contribution is -2.40. The Balaban J connectivity index is 1.98. The Hall–Kier alpha value is -1.16. The molecule has 1 atom stereocenters. The molecule has 0 spiro atoms. The van der Waals surface area contributed by atoms with Crippen molar-refractivity contribution in [1.82, 2.24) is 15.3 Å². The molecule has 1 aliphatic heterocycles. The summed E-state index contributed by atoms with van der Waals surface area (Å²) in [5, 5.41) is 3.50. The predicted molar refractivity (Wildman–Crippen MR) is 65.5 cm³/mol. The minimum atomic E-state index is 0.546. The Kier molecular flexibility index (Phi) is 3.72. The van der Waals surface area contributed by atoms with Gasteiger partial charge in [-0.3, -0.25) is 4.98 Å². The zero-order chi connectivity index (χ0) is 11.4. The summed E-state index contributed by atoms with van der Waals surface area (Å²) < 4.78 is 0. The van der Waals surface area contributed by atoms with Gasteiger partial charge >= 0.3 is 0 Å². The van der Waals surface area contributed by atoms with E-state index in [0.29, 0.717) is 12.1 Å². The molecule has 0 bridgehead atoms. The Morgan fingerprint density at radius 2 is 2.38 bits per heavy atom. The third-order valence-corrected chi connectivity index (χ3v) is 2.98. The molecule has 0 aromatic carbocycles. The zero-order valence-corrected chi connectivity index (χ0v) is 10.1. The molecule has 4 nitrogen and oxygen atoms in total. The van der Waals surface area contributed by atoms with Crippen molar-refractivity contribution in [3.8, 4) is 0 Å². The highest BCUT2D eigenvalue weighted by atomic mass is 15.2. The van der Waals surface area contributed by atoms with Gasteiger partial charge in [-0.1, -0.05) is 13.8 Å². The molecule has 2 rings (SSSR count). The average Bonchev–Trinajstić information content (AvgIpc) is 2.75. The summed E-state index contributed by atoms with van der Waals surface area (Å²) >= 11 is 0. The van der Waals surface area contributed by atoms with Gasteiger partial charge in [0.2, 0.25) is 0 Å². The van der Waals surface area contributed by atoms with Crippen LogP contribution in [0.4, 0.5) is 5.82 Å². The van der Waals surface area contributed by atoms with Crippen molar-refractivity contribution < 1.29 is 0 Å². The summed E-state index contributed by atoms with van der Waals surface area (Å²) in [4.78, 5) is 10.9. The second-order valence-electron chi connectivity index (χ2n) is 4.62. The molecule has 1 aromatic heterocycles. The molecule has 1 aromatic rings. The van der Waals surface area contributed by atoms with Crippen molar-refractivity contribution in [2.45, 2.75) is 38.8 Å². The second-order valence-corrected chi connectivity index (χ2v) is 4.62. The molecule has 0 amide bonds. The van der Waals surface area contributed by atoms with Gasteiger partial charge in [0.1, 0.15) is 5.82 Å². The summed E-state index contributed by atoms with van der Waals surface area (Å²) in [7, 11) is 0. The van der Waals surface area contributed by atoms with Gasteiger partial charge in [0.25, 0.3) is 0 Å². The summed E-state index contributed by atoms with van der Waals surface area (Å²) in [6.45, 7) is 6.50. The third kappa shape index (κ3) is 2.70. The maximum absolute atomic E-state index is 4.37. The predicted octanol–water partition coefficient (Wildman–Crippen LogP) is 1.44. The summed E-state index contributed by atoms with van der Waals surface area (Å²) in [5.74, 6) is 1.01. The van der Waals surface area contributed by atoms with Crippen molar-refractivity contribution in [3.63, 3.8) is 0 Å². The third-order valence-electron chi connectivity index (χ3n) is 2.98. The van der Waals surface area contributed by atoms with Gasteiger partial charge in [-0.25, -0.2) is 4.98 Å². The maximum Gasteiger partial charge on any atom is 0.147 e. The molecule has 0 radical (unpaired) electrons. The number of hydrogen-bond acceptors (Lipinski definition) is 4. The molecular weight excluding hydrogens is 200 g/mol. The fraction of sp³-hybridized carbons (Fsp3) is 0.667. The van der Waals surface area contributed by atoms with E-state index in [1.807, 2.05) is 6.20 Å². The molecule has 2 heterocycles. The maximum atomic E-state index is 4.37. The highest BCUT2D eigenvalue weighted by Crippen LogP contribution is 2.22. The molecule has 1 N–H and O–H groups in total. The normalized spacial score (nSPS) is 20.7. The van der Waals surface area contributed by atoms with E-state index in [9.17, 15) is 0 Å². The smallest absolute Gasteiger partial charge is 0.147 e.